The van der Waals surface area contributed by atoms with E-state index in [1.54, 1.807) is 0 Å². The van der Waals surface area contributed by atoms with Gasteiger partial charge < -0.3 is 25.2 Å². The van der Waals surface area contributed by atoms with E-state index in [4.69, 9.17) is 9.47 Å². The van der Waals surface area contributed by atoms with Crippen molar-refractivity contribution in [3.05, 3.63) is 22.9 Å². The average Bonchev–Trinajstić information content (AvgIpc) is 3.05. The zero-order chi connectivity index (χ0) is 16.4. The van der Waals surface area contributed by atoms with Gasteiger partial charge in [0, 0.05) is 38.7 Å². The monoisotopic (exact) mass is 332 g/mol. The van der Waals surface area contributed by atoms with E-state index in [1.807, 2.05) is 12.1 Å². The number of morpholine rings is 1. The van der Waals surface area contributed by atoms with Crippen molar-refractivity contribution in [2.75, 3.05) is 56.5 Å². The summed E-state index contributed by atoms with van der Waals surface area (Å²) in [6.45, 7) is 5.93. The van der Waals surface area contributed by atoms with Gasteiger partial charge in [-0.3, -0.25) is 15.3 Å². The summed E-state index contributed by atoms with van der Waals surface area (Å²) >= 11 is 0. The molecule has 1 saturated heterocycles. The van der Waals surface area contributed by atoms with Gasteiger partial charge in [0.1, 0.15) is 5.75 Å². The van der Waals surface area contributed by atoms with Crippen LogP contribution in [0.15, 0.2) is 17.1 Å². The summed E-state index contributed by atoms with van der Waals surface area (Å²) in [5, 5.41) is 16.1. The van der Waals surface area contributed by atoms with E-state index in [9.17, 15) is 5.21 Å². The topological polar surface area (TPSA) is 84.4 Å². The number of rotatable bonds is 4. The first-order valence-corrected chi connectivity index (χ1v) is 8.45. The van der Waals surface area contributed by atoms with Crippen molar-refractivity contribution in [2.45, 2.75) is 12.8 Å². The van der Waals surface area contributed by atoms with E-state index in [-0.39, 0.29) is 0 Å². The van der Waals surface area contributed by atoms with Crippen LogP contribution >= 0.6 is 0 Å². The number of guanidine groups is 1. The van der Waals surface area contributed by atoms with Gasteiger partial charge in [-0.1, -0.05) is 0 Å². The summed E-state index contributed by atoms with van der Waals surface area (Å²) in [7, 11) is 0. The number of nitrogens with one attached hydrogen (secondary N) is 2. The van der Waals surface area contributed by atoms with Crippen LogP contribution in [0.4, 0.5) is 11.4 Å². The van der Waals surface area contributed by atoms with E-state index in [0.717, 1.165) is 67.9 Å². The van der Waals surface area contributed by atoms with Crippen molar-refractivity contribution in [1.29, 1.82) is 0 Å². The maximum atomic E-state index is 12.2. The summed E-state index contributed by atoms with van der Waals surface area (Å²) in [5.74, 6) is 1.33. The van der Waals surface area contributed by atoms with Gasteiger partial charge in [-0.25, -0.2) is 0 Å². The molecule has 0 amide bonds. The fourth-order valence-electron chi connectivity index (χ4n) is 3.18. The molecular formula is C16H22N5O3-. The maximum absolute atomic E-state index is 12.2. The summed E-state index contributed by atoms with van der Waals surface area (Å²) in [6.07, 6.45) is 1.80. The third kappa shape index (κ3) is 3.26. The second kappa shape index (κ2) is 6.84. The first-order chi connectivity index (χ1) is 11.8. The predicted molar refractivity (Wildman–Crippen MR) is 92.4 cm³/mol. The van der Waals surface area contributed by atoms with Gasteiger partial charge in [0.05, 0.1) is 31.2 Å². The summed E-state index contributed by atoms with van der Waals surface area (Å²) in [6, 6.07) is 3.76. The van der Waals surface area contributed by atoms with Crippen LogP contribution in [-0.4, -0.2) is 56.9 Å². The molecule has 0 aromatic heterocycles. The molecule has 2 N–H and O–H groups in total. The zero-order valence-corrected chi connectivity index (χ0v) is 13.6. The highest BCUT2D eigenvalue weighted by Crippen LogP contribution is 2.37. The Morgan fingerprint density at radius 3 is 2.96 bits per heavy atom. The van der Waals surface area contributed by atoms with Crippen molar-refractivity contribution < 1.29 is 9.47 Å². The molecule has 4 rings (SSSR count). The van der Waals surface area contributed by atoms with Crippen LogP contribution in [0.1, 0.15) is 12.0 Å². The fourth-order valence-corrected chi connectivity index (χ4v) is 3.18. The maximum Gasteiger partial charge on any atom is 0.214 e. The minimum absolute atomic E-state index is 0.484. The number of fused-ring (bicyclic) bond motifs is 2. The van der Waals surface area contributed by atoms with Gasteiger partial charge in [-0.2, -0.15) is 0 Å². The van der Waals surface area contributed by atoms with Crippen molar-refractivity contribution in [2.24, 2.45) is 4.99 Å². The van der Waals surface area contributed by atoms with Crippen LogP contribution < -0.4 is 20.7 Å². The lowest BCUT2D eigenvalue weighted by Crippen LogP contribution is -2.46. The lowest BCUT2D eigenvalue weighted by molar-refractivity contribution is 0.0377. The standard InChI is InChI=1S/C16H22N5O3/c22-21-14-10-12-2-7-24-15(12)11-13(14)18-16(19-21)17-3-1-4-20-5-8-23-9-6-20/h10-11H,1-9H2,(H2,17,18,19)/q-1. The lowest BCUT2D eigenvalue weighted by atomic mass is 10.1. The SMILES string of the molecule is [O-]N1NC(=NCCCN2CCOCC2)Nc2cc3c(cc21)CCO3. The molecule has 1 aromatic carbocycles. The summed E-state index contributed by atoms with van der Waals surface area (Å²) in [5.41, 5.74) is 5.13. The normalized spacial score (nSPS) is 21.7. The molecule has 0 saturated carbocycles. The quantitative estimate of drug-likeness (QED) is 0.794. The Hall–Kier alpha value is -2.03. The molecule has 0 radical (unpaired) electrons. The molecule has 0 atom stereocenters. The molecule has 1 fully saturated rings. The smallest absolute Gasteiger partial charge is 0.214 e. The third-order valence-electron chi connectivity index (χ3n) is 4.49. The highest BCUT2D eigenvalue weighted by Gasteiger charge is 2.21. The molecule has 0 spiro atoms. The number of nitrogens with zero attached hydrogens (tertiary/aromatic N) is 3. The van der Waals surface area contributed by atoms with E-state index in [1.165, 1.54) is 0 Å². The van der Waals surface area contributed by atoms with Gasteiger partial charge in [-0.15, -0.1) is 0 Å². The van der Waals surface area contributed by atoms with Gasteiger partial charge in [0.2, 0.25) is 5.96 Å². The first kappa shape index (κ1) is 15.5. The van der Waals surface area contributed by atoms with Gasteiger partial charge in [0.25, 0.3) is 0 Å². The van der Waals surface area contributed by atoms with Crippen LogP contribution in [0.3, 0.4) is 0 Å². The van der Waals surface area contributed by atoms with Crippen LogP contribution in [0.25, 0.3) is 0 Å². The number of aliphatic imine (C=N–C) groups is 1. The van der Waals surface area contributed by atoms with Gasteiger partial charge >= 0.3 is 0 Å². The van der Waals surface area contributed by atoms with Crippen molar-refractivity contribution >= 4 is 17.3 Å². The number of hydrogen-bond donors (Lipinski definition) is 2. The number of hydrogen-bond acceptors (Lipinski definition) is 6. The van der Waals surface area contributed by atoms with Crippen LogP contribution in [0.5, 0.6) is 5.75 Å². The van der Waals surface area contributed by atoms with Crippen molar-refractivity contribution in [3.63, 3.8) is 0 Å². The van der Waals surface area contributed by atoms with Gasteiger partial charge in [-0.05, 0) is 18.1 Å². The Labute approximate surface area is 141 Å². The highest BCUT2D eigenvalue weighted by atomic mass is 16.5. The van der Waals surface area contributed by atoms with E-state index in [2.05, 4.69) is 20.6 Å². The molecular weight excluding hydrogens is 310 g/mol. The minimum Gasteiger partial charge on any atom is -0.739 e. The van der Waals surface area contributed by atoms with Crippen LogP contribution in [0, 0.1) is 5.21 Å². The molecule has 3 aliphatic heterocycles. The Balaban J connectivity index is 1.35. The summed E-state index contributed by atoms with van der Waals surface area (Å²) < 4.78 is 10.9. The largest absolute Gasteiger partial charge is 0.739 e. The Morgan fingerprint density at radius 1 is 1.21 bits per heavy atom. The van der Waals surface area contributed by atoms with E-state index >= 15 is 0 Å². The molecule has 8 nitrogen and oxygen atoms in total. The van der Waals surface area contributed by atoms with Crippen molar-refractivity contribution in [3.8, 4) is 5.75 Å². The Kier molecular flexibility index (Phi) is 4.42. The molecule has 3 heterocycles. The third-order valence-corrected chi connectivity index (χ3v) is 4.49. The highest BCUT2D eigenvalue weighted by molar-refractivity contribution is 6.01. The van der Waals surface area contributed by atoms with Gasteiger partial charge in [0.15, 0.2) is 0 Å². The Morgan fingerprint density at radius 2 is 2.08 bits per heavy atom. The second-order valence-corrected chi connectivity index (χ2v) is 6.14. The first-order valence-electron chi connectivity index (χ1n) is 8.45. The zero-order valence-electron chi connectivity index (χ0n) is 13.6. The average molecular weight is 332 g/mol. The van der Waals surface area contributed by atoms with Crippen molar-refractivity contribution in [1.82, 2.24) is 10.3 Å². The molecule has 3 aliphatic rings. The summed E-state index contributed by atoms with van der Waals surface area (Å²) in [4.78, 5) is 6.84. The molecule has 1 aromatic rings. The number of anilines is 2. The second-order valence-electron chi connectivity index (χ2n) is 6.14. The molecule has 0 aliphatic carbocycles. The molecule has 130 valence electrons. The van der Waals surface area contributed by atoms with E-state index < -0.39 is 0 Å². The minimum atomic E-state index is 0.484. The number of benzene rings is 1. The van der Waals surface area contributed by atoms with Crippen LogP contribution in [0.2, 0.25) is 0 Å². The lowest BCUT2D eigenvalue weighted by Gasteiger charge is -2.38. The number of ether oxygens (including phenoxy) is 2. The van der Waals surface area contributed by atoms with Crippen LogP contribution in [-0.2, 0) is 11.2 Å². The molecule has 24 heavy (non-hydrogen) atoms. The molecule has 0 bridgehead atoms. The predicted octanol–water partition coefficient (Wildman–Crippen LogP) is 0.934. The molecule has 8 heteroatoms. The Bertz CT molecular complexity index is 630. The number of hydrazine groups is 1. The van der Waals surface area contributed by atoms with E-state index in [0.29, 0.717) is 24.8 Å². The molecule has 0 unspecified atom stereocenters. The fraction of sp³-hybridized carbons (Fsp3) is 0.562.